The van der Waals surface area contributed by atoms with Crippen LogP contribution in [-0.2, 0) is 4.79 Å². The number of carbonyl (C=O) groups is 1. The SMILES string of the molecule is O=C1CSC(c2ccc([N+](=O)[O-])cc2)N1c1nnc(-c2ccc([N+](=O)[O-])cc2)s1. The maximum atomic E-state index is 12.5. The molecule has 12 heteroatoms. The highest BCUT2D eigenvalue weighted by molar-refractivity contribution is 8.00. The molecule has 0 saturated carbocycles. The Morgan fingerprint density at radius 1 is 0.931 bits per heavy atom. The monoisotopic (exact) mass is 429 g/mol. The lowest BCUT2D eigenvalue weighted by Gasteiger charge is -2.20. The highest BCUT2D eigenvalue weighted by atomic mass is 32.2. The van der Waals surface area contributed by atoms with E-state index in [1.54, 1.807) is 24.3 Å². The summed E-state index contributed by atoms with van der Waals surface area (Å²) in [7, 11) is 0. The summed E-state index contributed by atoms with van der Waals surface area (Å²) >= 11 is 2.60. The first kappa shape index (κ1) is 19.0. The summed E-state index contributed by atoms with van der Waals surface area (Å²) in [4.78, 5) is 34.7. The van der Waals surface area contributed by atoms with Crippen LogP contribution in [0.25, 0.3) is 10.6 Å². The zero-order valence-electron chi connectivity index (χ0n) is 14.5. The van der Waals surface area contributed by atoms with Crippen molar-refractivity contribution in [3.63, 3.8) is 0 Å². The number of rotatable bonds is 5. The molecule has 10 nitrogen and oxygen atoms in total. The van der Waals surface area contributed by atoms with E-state index in [9.17, 15) is 25.0 Å². The van der Waals surface area contributed by atoms with Gasteiger partial charge in [0, 0.05) is 29.8 Å². The van der Waals surface area contributed by atoms with E-state index in [-0.39, 0.29) is 28.4 Å². The smallest absolute Gasteiger partial charge is 0.269 e. The molecule has 0 radical (unpaired) electrons. The Hall–Kier alpha value is -3.38. The van der Waals surface area contributed by atoms with Crippen molar-refractivity contribution in [2.45, 2.75) is 5.37 Å². The van der Waals surface area contributed by atoms with Crippen LogP contribution in [-0.4, -0.2) is 31.7 Å². The molecule has 0 bridgehead atoms. The third-order valence-corrected chi connectivity index (χ3v) is 6.39. The number of nitro groups is 2. The van der Waals surface area contributed by atoms with Crippen LogP contribution >= 0.6 is 23.1 Å². The molecular weight excluding hydrogens is 418 g/mol. The highest BCUT2D eigenvalue weighted by Crippen LogP contribution is 2.43. The molecule has 29 heavy (non-hydrogen) atoms. The normalized spacial score (nSPS) is 16.2. The molecule has 4 rings (SSSR count). The van der Waals surface area contributed by atoms with Crippen molar-refractivity contribution in [3.05, 3.63) is 74.3 Å². The molecule has 1 amide bonds. The number of nitrogens with zero attached hydrogens (tertiary/aromatic N) is 5. The van der Waals surface area contributed by atoms with Crippen LogP contribution < -0.4 is 4.90 Å². The average Bonchev–Trinajstić information content (AvgIpc) is 3.34. The van der Waals surface area contributed by atoms with Gasteiger partial charge in [0.15, 0.2) is 0 Å². The quantitative estimate of drug-likeness (QED) is 0.442. The van der Waals surface area contributed by atoms with Gasteiger partial charge in [-0.05, 0) is 29.8 Å². The van der Waals surface area contributed by atoms with E-state index in [1.165, 1.54) is 52.3 Å². The third kappa shape index (κ3) is 3.67. The highest BCUT2D eigenvalue weighted by Gasteiger charge is 2.36. The Morgan fingerprint density at radius 3 is 2.10 bits per heavy atom. The number of thioether (sulfide) groups is 1. The molecule has 1 aromatic heterocycles. The summed E-state index contributed by atoms with van der Waals surface area (Å²) in [6, 6.07) is 12.0. The Bertz CT molecular complexity index is 1100. The van der Waals surface area contributed by atoms with E-state index in [0.29, 0.717) is 15.7 Å². The molecule has 0 spiro atoms. The maximum Gasteiger partial charge on any atom is 0.269 e. The standard InChI is InChI=1S/C17H11N5O5S2/c23-14-9-28-16(11-3-7-13(8-4-11)22(26)27)20(14)17-19-18-15(29-17)10-1-5-12(6-2-10)21(24)25/h1-8,16H,9H2. The van der Waals surface area contributed by atoms with E-state index in [0.717, 1.165) is 5.56 Å². The second-order valence-electron chi connectivity index (χ2n) is 5.97. The first-order valence-electron chi connectivity index (χ1n) is 8.20. The zero-order valence-corrected chi connectivity index (χ0v) is 16.1. The van der Waals surface area contributed by atoms with Gasteiger partial charge in [-0.1, -0.05) is 11.3 Å². The summed E-state index contributed by atoms with van der Waals surface area (Å²) in [6.45, 7) is 0. The number of hydrogen-bond donors (Lipinski definition) is 0. The predicted molar refractivity (Wildman–Crippen MR) is 108 cm³/mol. The van der Waals surface area contributed by atoms with Gasteiger partial charge in [0.25, 0.3) is 11.4 Å². The van der Waals surface area contributed by atoms with Gasteiger partial charge in [0.05, 0.1) is 15.6 Å². The Kier molecular flexibility index (Phi) is 4.94. The fourth-order valence-electron chi connectivity index (χ4n) is 2.79. The number of benzene rings is 2. The van der Waals surface area contributed by atoms with Gasteiger partial charge >= 0.3 is 0 Å². The molecule has 1 atom stereocenters. The van der Waals surface area contributed by atoms with Crippen molar-refractivity contribution in [1.29, 1.82) is 0 Å². The Morgan fingerprint density at radius 2 is 1.52 bits per heavy atom. The van der Waals surface area contributed by atoms with E-state index in [1.807, 2.05) is 0 Å². The lowest BCUT2D eigenvalue weighted by Crippen LogP contribution is -2.27. The number of aromatic nitrogens is 2. The van der Waals surface area contributed by atoms with Crippen molar-refractivity contribution in [2.24, 2.45) is 0 Å². The molecule has 1 aliphatic heterocycles. The molecule has 1 aliphatic rings. The van der Waals surface area contributed by atoms with Crippen molar-refractivity contribution >= 4 is 45.5 Å². The van der Waals surface area contributed by atoms with Crippen LogP contribution in [0.1, 0.15) is 10.9 Å². The molecule has 146 valence electrons. The summed E-state index contributed by atoms with van der Waals surface area (Å²) < 4.78 is 0. The largest absolute Gasteiger partial charge is 0.273 e. The summed E-state index contributed by atoms with van der Waals surface area (Å²) in [5.74, 6) is 0.124. The Balaban J connectivity index is 1.61. The molecule has 1 saturated heterocycles. The van der Waals surface area contributed by atoms with Gasteiger partial charge in [0.1, 0.15) is 10.4 Å². The first-order valence-corrected chi connectivity index (χ1v) is 10.1. The Labute approximate surface area is 171 Å². The minimum absolute atomic E-state index is 0.0222. The second-order valence-corrected chi connectivity index (χ2v) is 7.99. The van der Waals surface area contributed by atoms with Crippen molar-refractivity contribution in [3.8, 4) is 10.6 Å². The number of amides is 1. The molecule has 0 aliphatic carbocycles. The number of anilines is 1. The van der Waals surface area contributed by atoms with Crippen molar-refractivity contribution in [1.82, 2.24) is 10.2 Å². The lowest BCUT2D eigenvalue weighted by atomic mass is 10.2. The van der Waals surface area contributed by atoms with Gasteiger partial charge in [-0.3, -0.25) is 29.9 Å². The molecule has 1 unspecified atom stereocenters. The second kappa shape index (κ2) is 7.56. The zero-order chi connectivity index (χ0) is 20.5. The van der Waals surface area contributed by atoms with E-state index >= 15 is 0 Å². The van der Waals surface area contributed by atoms with Gasteiger partial charge in [-0.15, -0.1) is 22.0 Å². The fraction of sp³-hybridized carbons (Fsp3) is 0.118. The number of hydrogen-bond acceptors (Lipinski definition) is 9. The van der Waals surface area contributed by atoms with Crippen LogP contribution in [0.15, 0.2) is 48.5 Å². The number of carbonyl (C=O) groups excluding carboxylic acids is 1. The predicted octanol–water partition coefficient (Wildman–Crippen LogP) is 3.80. The minimum atomic E-state index is -0.482. The van der Waals surface area contributed by atoms with Gasteiger partial charge in [-0.2, -0.15) is 0 Å². The van der Waals surface area contributed by atoms with Crippen molar-refractivity contribution in [2.75, 3.05) is 10.7 Å². The van der Waals surface area contributed by atoms with E-state index in [4.69, 9.17) is 0 Å². The maximum absolute atomic E-state index is 12.5. The molecule has 3 aromatic rings. The van der Waals surface area contributed by atoms with Gasteiger partial charge < -0.3 is 0 Å². The molecular formula is C17H11N5O5S2. The minimum Gasteiger partial charge on any atom is -0.273 e. The van der Waals surface area contributed by atoms with Crippen LogP contribution in [0, 0.1) is 20.2 Å². The lowest BCUT2D eigenvalue weighted by molar-refractivity contribution is -0.385. The summed E-state index contributed by atoms with van der Waals surface area (Å²) in [5.41, 5.74) is 1.36. The van der Waals surface area contributed by atoms with Crippen LogP contribution in [0.4, 0.5) is 16.5 Å². The van der Waals surface area contributed by atoms with E-state index < -0.39 is 9.85 Å². The number of non-ortho nitro benzene ring substituents is 2. The molecule has 2 heterocycles. The first-order chi connectivity index (χ1) is 13.9. The molecule has 1 fully saturated rings. The summed E-state index contributed by atoms with van der Waals surface area (Å²) in [6.07, 6.45) is 0. The topological polar surface area (TPSA) is 132 Å². The molecule has 0 N–H and O–H groups in total. The van der Waals surface area contributed by atoms with Crippen LogP contribution in [0.3, 0.4) is 0 Å². The average molecular weight is 429 g/mol. The summed E-state index contributed by atoms with van der Waals surface area (Å²) in [5, 5.41) is 30.4. The third-order valence-electron chi connectivity index (χ3n) is 4.20. The van der Waals surface area contributed by atoms with Crippen LogP contribution in [0.5, 0.6) is 0 Å². The van der Waals surface area contributed by atoms with Crippen LogP contribution in [0.2, 0.25) is 0 Å². The van der Waals surface area contributed by atoms with Gasteiger partial charge in [-0.25, -0.2) is 0 Å². The fourth-order valence-corrected chi connectivity index (χ4v) is 4.91. The van der Waals surface area contributed by atoms with Gasteiger partial charge in [0.2, 0.25) is 11.0 Å². The molecule has 2 aromatic carbocycles. The number of nitro benzene ring substituents is 2. The van der Waals surface area contributed by atoms with Crippen molar-refractivity contribution < 1.29 is 14.6 Å². The van der Waals surface area contributed by atoms with E-state index in [2.05, 4.69) is 10.2 Å².